The number of nitrogens with one attached hydrogen (secondary N) is 2. The van der Waals surface area contributed by atoms with Gasteiger partial charge in [-0.15, -0.1) is 0 Å². The van der Waals surface area contributed by atoms with Crippen molar-refractivity contribution in [1.29, 1.82) is 0 Å². The summed E-state index contributed by atoms with van der Waals surface area (Å²) in [5, 5.41) is 40.8. The van der Waals surface area contributed by atoms with E-state index in [1.807, 2.05) is 0 Å². The second-order valence-electron chi connectivity index (χ2n) is 14.0. The number of benzene rings is 6. The van der Waals surface area contributed by atoms with Crippen LogP contribution in [0.1, 0.15) is 0 Å². The van der Waals surface area contributed by atoms with Gasteiger partial charge in [0.05, 0.1) is 36.0 Å². The Kier molecular flexibility index (Phi) is 13.7. The molecule has 1 heterocycles. The molecule has 0 saturated carbocycles. The monoisotopic (exact) mass is 994 g/mol. The molecule has 0 unspecified atom stereocenters. The SMILES string of the molecule is O=S(=O)(O)c1cc(N=Nc2ccc(Nc3nc(Nc4ccc(N=Nc5cc(S(=O)(=O)O)c6cccc(S(=O)(=O)O)c6c5)cc4)nc(N(CCO)CCO)n3)cc2)cc2c(S(=O)(=O)O)cccc12. The number of nitrogens with zero attached hydrogens (tertiary/aromatic N) is 8. The summed E-state index contributed by atoms with van der Waals surface area (Å²) in [6, 6.07) is 23.6. The van der Waals surface area contributed by atoms with Gasteiger partial charge in [0.1, 0.15) is 19.6 Å². The van der Waals surface area contributed by atoms with Crippen LogP contribution in [0.5, 0.6) is 0 Å². The average molecular weight is 995 g/mol. The molecule has 0 aliphatic carbocycles. The minimum Gasteiger partial charge on any atom is -0.395 e. The molecule has 0 aliphatic rings. The van der Waals surface area contributed by atoms with Crippen molar-refractivity contribution in [2.45, 2.75) is 19.6 Å². The Balaban J connectivity index is 1.13. The maximum atomic E-state index is 12.2. The van der Waals surface area contributed by atoms with Crippen LogP contribution >= 0.6 is 0 Å². The van der Waals surface area contributed by atoms with Crippen molar-refractivity contribution < 1.29 is 62.1 Å². The van der Waals surface area contributed by atoms with Crippen molar-refractivity contribution in [2.24, 2.45) is 20.5 Å². The summed E-state index contributed by atoms with van der Waals surface area (Å²) in [7, 11) is -19.4. The van der Waals surface area contributed by atoms with Gasteiger partial charge in [0.25, 0.3) is 40.5 Å². The van der Waals surface area contributed by atoms with Crippen LogP contribution < -0.4 is 15.5 Å². The lowest BCUT2D eigenvalue weighted by atomic mass is 10.1. The fourth-order valence-corrected chi connectivity index (χ4v) is 9.34. The third kappa shape index (κ3) is 11.5. The zero-order valence-electron chi connectivity index (χ0n) is 33.9. The van der Waals surface area contributed by atoms with Crippen molar-refractivity contribution in [3.63, 3.8) is 0 Å². The van der Waals surface area contributed by atoms with Crippen LogP contribution in [0.15, 0.2) is 149 Å². The standard InChI is InChI=1S/C39H34N10O14S4/c50-17-15-49(16-18-51)39-43-37(40-23-7-11-25(12-8-23)45-47-27-19-31-29(35(21-27)66(58,59)60)3-1-5-33(31)64(52,53)54)42-38(44-39)41-24-9-13-26(14-10-24)46-48-28-20-32-30(36(22-28)67(61,62)63)4-2-6-34(32)65(55,56)57/h1-14,19-22,50-51H,15-18H2,(H,52,53,54)(H,55,56,57)(H,58,59,60)(H,61,62,63)(H2,40,41,42,43,44). The summed E-state index contributed by atoms with van der Waals surface area (Å²) in [6.07, 6.45) is 0. The van der Waals surface area contributed by atoms with Gasteiger partial charge < -0.3 is 25.7 Å². The smallest absolute Gasteiger partial charge is 0.295 e. The highest BCUT2D eigenvalue weighted by molar-refractivity contribution is 7.87. The summed E-state index contributed by atoms with van der Waals surface area (Å²) >= 11 is 0. The van der Waals surface area contributed by atoms with Gasteiger partial charge in [0.15, 0.2) is 0 Å². The number of fused-ring (bicyclic) bond motifs is 2. The van der Waals surface area contributed by atoms with Crippen LogP contribution in [0, 0.1) is 0 Å². The first-order valence-electron chi connectivity index (χ1n) is 18.9. The Morgan fingerprint density at radius 2 is 0.791 bits per heavy atom. The largest absolute Gasteiger partial charge is 0.395 e. The molecular formula is C39H34N10O14S4. The fraction of sp³-hybridized carbons (Fsp3) is 0.103. The molecule has 0 aliphatic heterocycles. The Hall–Kier alpha value is -6.99. The maximum Gasteiger partial charge on any atom is 0.295 e. The van der Waals surface area contributed by atoms with Gasteiger partial charge in [-0.1, -0.05) is 24.3 Å². The molecule has 1 aromatic heterocycles. The van der Waals surface area contributed by atoms with Crippen molar-refractivity contribution in [2.75, 3.05) is 41.8 Å². The van der Waals surface area contributed by atoms with Crippen molar-refractivity contribution in [3.05, 3.63) is 109 Å². The number of anilines is 5. The molecule has 67 heavy (non-hydrogen) atoms. The van der Waals surface area contributed by atoms with Crippen LogP contribution in [-0.2, 0) is 40.5 Å². The summed E-state index contributed by atoms with van der Waals surface area (Å²) < 4.78 is 136. The van der Waals surface area contributed by atoms with Gasteiger partial charge in [-0.2, -0.15) is 69.1 Å². The van der Waals surface area contributed by atoms with Gasteiger partial charge in [0.2, 0.25) is 17.8 Å². The third-order valence-electron chi connectivity index (χ3n) is 9.37. The van der Waals surface area contributed by atoms with E-state index in [1.54, 1.807) is 24.3 Å². The van der Waals surface area contributed by atoms with Gasteiger partial charge >= 0.3 is 0 Å². The zero-order chi connectivity index (χ0) is 48.3. The maximum absolute atomic E-state index is 12.2. The van der Waals surface area contributed by atoms with Crippen molar-refractivity contribution in [1.82, 2.24) is 15.0 Å². The minimum absolute atomic E-state index is 0.00789. The normalized spacial score (nSPS) is 12.6. The lowest BCUT2D eigenvalue weighted by molar-refractivity contribution is 0.280. The van der Waals surface area contributed by atoms with E-state index in [-0.39, 0.29) is 88.4 Å². The molecule has 28 heteroatoms. The lowest BCUT2D eigenvalue weighted by Gasteiger charge is -2.21. The number of azo groups is 2. The Morgan fingerprint density at radius 1 is 0.433 bits per heavy atom. The van der Waals surface area contributed by atoms with Gasteiger partial charge in [-0.3, -0.25) is 18.2 Å². The number of aliphatic hydroxyl groups is 2. The topological polar surface area (TPSA) is 373 Å². The van der Waals surface area contributed by atoms with E-state index < -0.39 is 60.1 Å². The first-order chi connectivity index (χ1) is 31.6. The van der Waals surface area contributed by atoms with E-state index in [1.165, 1.54) is 65.6 Å². The van der Waals surface area contributed by atoms with Gasteiger partial charge in [0, 0.05) is 46.0 Å². The van der Waals surface area contributed by atoms with Crippen LogP contribution in [0.2, 0.25) is 0 Å². The van der Waals surface area contributed by atoms with Crippen molar-refractivity contribution in [3.8, 4) is 0 Å². The molecule has 24 nitrogen and oxygen atoms in total. The highest BCUT2D eigenvalue weighted by Gasteiger charge is 2.23. The molecule has 348 valence electrons. The molecule has 7 aromatic rings. The fourth-order valence-electron chi connectivity index (χ4n) is 6.49. The Morgan fingerprint density at radius 3 is 1.13 bits per heavy atom. The third-order valence-corrected chi connectivity index (χ3v) is 13.0. The van der Waals surface area contributed by atoms with Crippen LogP contribution in [-0.4, -0.2) is 103 Å². The number of aromatic nitrogens is 3. The molecule has 0 fully saturated rings. The Bertz CT molecular complexity index is 3340. The second kappa shape index (κ2) is 19.1. The van der Waals surface area contributed by atoms with Gasteiger partial charge in [-0.25, -0.2) is 0 Å². The van der Waals surface area contributed by atoms with E-state index in [0.717, 1.165) is 24.3 Å². The molecule has 8 N–H and O–H groups in total. The van der Waals surface area contributed by atoms with E-state index in [0.29, 0.717) is 11.4 Å². The molecular weight excluding hydrogens is 961 g/mol. The number of aliphatic hydroxyl groups excluding tert-OH is 2. The second-order valence-corrected chi connectivity index (χ2v) is 19.5. The lowest BCUT2D eigenvalue weighted by Crippen LogP contribution is -2.31. The van der Waals surface area contributed by atoms with Crippen molar-refractivity contribution >= 4 is 114 Å². The highest BCUT2D eigenvalue weighted by atomic mass is 32.2. The predicted molar refractivity (Wildman–Crippen MR) is 241 cm³/mol. The molecule has 0 bridgehead atoms. The first kappa shape index (κ1) is 48.0. The first-order valence-corrected chi connectivity index (χ1v) is 24.7. The zero-order valence-corrected chi connectivity index (χ0v) is 37.1. The predicted octanol–water partition coefficient (Wildman–Crippen LogP) is 6.27. The van der Waals surface area contributed by atoms with Crippen LogP contribution in [0.25, 0.3) is 21.5 Å². The quantitative estimate of drug-likeness (QED) is 0.0368. The van der Waals surface area contributed by atoms with E-state index in [9.17, 15) is 62.1 Å². The van der Waals surface area contributed by atoms with Gasteiger partial charge in [-0.05, 0) is 84.9 Å². The van der Waals surface area contributed by atoms with E-state index in [2.05, 4.69) is 46.0 Å². The number of rotatable bonds is 17. The van der Waals surface area contributed by atoms with Crippen LogP contribution in [0.4, 0.5) is 52.0 Å². The summed E-state index contributed by atoms with van der Waals surface area (Å²) in [6.45, 7) is -0.523. The molecule has 0 amide bonds. The molecule has 0 atom stereocenters. The summed E-state index contributed by atoms with van der Waals surface area (Å²) in [5.74, 6) is 0.0783. The summed E-state index contributed by atoms with van der Waals surface area (Å²) in [5.41, 5.74) is 1.01. The van der Waals surface area contributed by atoms with E-state index in [4.69, 9.17) is 0 Å². The molecule has 0 saturated heterocycles. The minimum atomic E-state index is -4.88. The number of hydrogen-bond acceptors (Lipinski definition) is 20. The van der Waals surface area contributed by atoms with Crippen LogP contribution in [0.3, 0.4) is 0 Å². The van der Waals surface area contributed by atoms with E-state index >= 15 is 0 Å². The highest BCUT2D eigenvalue weighted by Crippen LogP contribution is 2.36. The molecule has 6 aromatic carbocycles. The molecule has 0 spiro atoms. The molecule has 0 radical (unpaired) electrons. The summed E-state index contributed by atoms with van der Waals surface area (Å²) in [4.78, 5) is 12.3. The molecule has 7 rings (SSSR count). The number of hydrogen-bond donors (Lipinski definition) is 8. The average Bonchev–Trinajstić information content (AvgIpc) is 3.26. The Labute approximate surface area is 380 Å².